The van der Waals surface area contributed by atoms with Gasteiger partial charge in [-0.3, -0.25) is 19.8 Å². The number of aryl methyl sites for hydroxylation is 1. The first kappa shape index (κ1) is 46.5. The lowest BCUT2D eigenvalue weighted by molar-refractivity contribution is -0.384. The number of anilines is 2. The lowest BCUT2D eigenvalue weighted by Crippen LogP contribution is -2.54. The summed E-state index contributed by atoms with van der Waals surface area (Å²) in [5.74, 6) is 1.37. The van der Waals surface area contributed by atoms with E-state index in [1.165, 1.54) is 23.3 Å². The smallest absolute Gasteiger partial charge is 0.293 e. The van der Waals surface area contributed by atoms with E-state index < -0.39 is 20.9 Å². The molecule has 5 aromatic carbocycles. The molecule has 62 heavy (non-hydrogen) atoms. The Morgan fingerprint density at radius 2 is 1.71 bits per heavy atom. The maximum Gasteiger partial charge on any atom is 0.293 e. The van der Waals surface area contributed by atoms with Crippen molar-refractivity contribution in [2.24, 2.45) is 0 Å². The van der Waals surface area contributed by atoms with Crippen LogP contribution >= 0.6 is 36.6 Å². The fourth-order valence-electron chi connectivity index (χ4n) is 8.14. The summed E-state index contributed by atoms with van der Waals surface area (Å²) in [6.45, 7) is 4.36. The number of rotatable bonds is 15. The van der Waals surface area contributed by atoms with Gasteiger partial charge in [-0.25, -0.2) is 13.1 Å². The van der Waals surface area contributed by atoms with Crippen LogP contribution in [0.25, 0.3) is 11.1 Å². The zero-order valence-electron chi connectivity index (χ0n) is 34.4. The van der Waals surface area contributed by atoms with E-state index in [9.17, 15) is 23.3 Å². The Labute approximate surface area is 379 Å². The van der Waals surface area contributed by atoms with Crippen LogP contribution in [0, 0.1) is 10.1 Å². The number of ether oxygens (including phenoxy) is 2. The SMILES string of the molecule is CN(C)CC[C@H](CSc1ccccc1)Nc1ccc(S(=O)(=O)NC(=O)c2ccc3c(c2)CC[C@@H]2CN(Cc4ccccc4-c4ccc5c(c4)OCO5)CCN32)cc1[N+](=O)[O-].Cl.Cl. The molecule has 1 amide bonds. The summed E-state index contributed by atoms with van der Waals surface area (Å²) in [5, 5.41) is 15.6. The molecule has 1 fully saturated rings. The first-order valence-electron chi connectivity index (χ1n) is 20.1. The lowest BCUT2D eigenvalue weighted by atomic mass is 9.92. The van der Waals surface area contributed by atoms with Gasteiger partial charge in [0.1, 0.15) is 5.69 Å². The number of fused-ring (bicyclic) bond motifs is 4. The number of nitro benzene ring substituents is 1. The van der Waals surface area contributed by atoms with Crippen molar-refractivity contribution in [1.29, 1.82) is 0 Å². The number of hydrogen-bond acceptors (Lipinski definition) is 12. The van der Waals surface area contributed by atoms with E-state index in [1.54, 1.807) is 23.9 Å². The normalized spacial score (nSPS) is 16.0. The third kappa shape index (κ3) is 10.8. The highest BCUT2D eigenvalue weighted by Gasteiger charge is 2.33. The van der Waals surface area contributed by atoms with Crippen LogP contribution in [-0.4, -0.2) is 94.0 Å². The van der Waals surface area contributed by atoms with Gasteiger partial charge in [0.05, 0.1) is 9.82 Å². The Morgan fingerprint density at radius 3 is 2.50 bits per heavy atom. The predicted molar refractivity (Wildman–Crippen MR) is 249 cm³/mol. The summed E-state index contributed by atoms with van der Waals surface area (Å²) in [5.41, 5.74) is 5.57. The van der Waals surface area contributed by atoms with Crippen molar-refractivity contribution >= 4 is 69.6 Å². The van der Waals surface area contributed by atoms with Gasteiger partial charge in [0.25, 0.3) is 21.6 Å². The average molecular weight is 922 g/mol. The molecule has 0 unspecified atom stereocenters. The van der Waals surface area contributed by atoms with Gasteiger partial charge in [-0.15, -0.1) is 36.6 Å². The number of carbonyl (C=O) groups excluding carboxylic acids is 1. The van der Waals surface area contributed by atoms with Crippen LogP contribution in [0.4, 0.5) is 17.1 Å². The molecule has 3 aliphatic rings. The van der Waals surface area contributed by atoms with Crippen molar-refractivity contribution in [1.82, 2.24) is 14.5 Å². The molecular formula is C45H50Cl2N6O7S2. The van der Waals surface area contributed by atoms with Crippen molar-refractivity contribution in [3.8, 4) is 22.6 Å². The van der Waals surface area contributed by atoms with Crippen LogP contribution in [0.3, 0.4) is 0 Å². The summed E-state index contributed by atoms with van der Waals surface area (Å²) in [4.78, 5) is 32.8. The number of hydrogen-bond donors (Lipinski definition) is 2. The van der Waals surface area contributed by atoms with Gasteiger partial charge in [0.2, 0.25) is 6.79 Å². The van der Waals surface area contributed by atoms with Crippen LogP contribution in [0.2, 0.25) is 0 Å². The van der Waals surface area contributed by atoms with Crippen molar-refractivity contribution in [3.05, 3.63) is 136 Å². The molecule has 3 heterocycles. The maximum absolute atomic E-state index is 13.5. The number of sulfonamides is 1. The Kier molecular flexibility index (Phi) is 15.3. The highest BCUT2D eigenvalue weighted by molar-refractivity contribution is 7.99. The lowest BCUT2D eigenvalue weighted by Gasteiger charge is -2.46. The fourth-order valence-corrected chi connectivity index (χ4v) is 10.1. The quantitative estimate of drug-likeness (QED) is 0.0594. The van der Waals surface area contributed by atoms with Crippen LogP contribution in [0.1, 0.15) is 34.3 Å². The van der Waals surface area contributed by atoms with E-state index in [-0.39, 0.29) is 59.5 Å². The van der Waals surface area contributed by atoms with E-state index in [0.29, 0.717) is 18.2 Å². The first-order chi connectivity index (χ1) is 29.0. The summed E-state index contributed by atoms with van der Waals surface area (Å²) in [6, 6.07) is 33.6. The van der Waals surface area contributed by atoms with Gasteiger partial charge < -0.3 is 24.6 Å². The number of benzene rings is 5. The van der Waals surface area contributed by atoms with Crippen LogP contribution in [0.15, 0.2) is 119 Å². The zero-order chi connectivity index (χ0) is 41.8. The molecule has 17 heteroatoms. The second-order valence-electron chi connectivity index (χ2n) is 15.6. The van der Waals surface area contributed by atoms with E-state index in [1.807, 2.05) is 67.5 Å². The molecule has 0 bridgehead atoms. The Bertz CT molecular complexity index is 2500. The monoisotopic (exact) mass is 920 g/mol. The number of amides is 1. The van der Waals surface area contributed by atoms with Crippen LogP contribution in [0.5, 0.6) is 11.5 Å². The molecule has 3 aliphatic heterocycles. The molecular weight excluding hydrogens is 872 g/mol. The Balaban J connectivity index is 0.00000321. The summed E-state index contributed by atoms with van der Waals surface area (Å²) in [7, 11) is -0.516. The molecule has 0 saturated carbocycles. The van der Waals surface area contributed by atoms with Crippen LogP contribution in [-0.2, 0) is 23.0 Å². The Hall–Kier alpha value is -5.03. The topological polar surface area (TPSA) is 147 Å². The molecule has 8 rings (SSSR count). The Morgan fingerprint density at radius 1 is 0.935 bits per heavy atom. The van der Waals surface area contributed by atoms with Crippen molar-refractivity contribution in [2.45, 2.75) is 47.7 Å². The predicted octanol–water partition coefficient (Wildman–Crippen LogP) is 8.11. The molecule has 0 spiro atoms. The van der Waals surface area contributed by atoms with Crippen LogP contribution < -0.4 is 24.4 Å². The molecule has 328 valence electrons. The fraction of sp³-hybridized carbons (Fsp3) is 0.311. The minimum atomic E-state index is -4.44. The molecule has 2 N–H and O–H groups in total. The van der Waals surface area contributed by atoms with E-state index in [4.69, 9.17) is 9.47 Å². The van der Waals surface area contributed by atoms with Gasteiger partial charge in [0.15, 0.2) is 11.5 Å². The summed E-state index contributed by atoms with van der Waals surface area (Å²) >= 11 is 1.64. The second-order valence-corrected chi connectivity index (χ2v) is 18.4. The van der Waals surface area contributed by atoms with E-state index in [2.05, 4.69) is 50.2 Å². The highest BCUT2D eigenvalue weighted by Crippen LogP contribution is 2.38. The highest BCUT2D eigenvalue weighted by atomic mass is 35.5. The molecule has 1 saturated heterocycles. The van der Waals surface area contributed by atoms with Gasteiger partial charge in [-0.1, -0.05) is 48.5 Å². The molecule has 0 radical (unpaired) electrons. The number of thioether (sulfide) groups is 1. The van der Waals surface area contributed by atoms with Crippen molar-refractivity contribution in [2.75, 3.05) is 63.0 Å². The maximum atomic E-state index is 13.5. The largest absolute Gasteiger partial charge is 0.454 e. The van der Waals surface area contributed by atoms with Gasteiger partial charge in [0, 0.05) is 66.2 Å². The summed E-state index contributed by atoms with van der Waals surface area (Å²) in [6.07, 6.45) is 2.34. The first-order valence-corrected chi connectivity index (χ1v) is 22.5. The number of carbonyl (C=O) groups is 1. The molecule has 5 aromatic rings. The van der Waals surface area contributed by atoms with Gasteiger partial charge in [-0.2, -0.15) is 0 Å². The van der Waals surface area contributed by atoms with E-state index >= 15 is 0 Å². The van der Waals surface area contributed by atoms with Gasteiger partial charge >= 0.3 is 0 Å². The number of piperazine rings is 1. The number of halogens is 2. The molecule has 13 nitrogen and oxygen atoms in total. The third-order valence-electron chi connectivity index (χ3n) is 11.2. The number of nitrogens with zero attached hydrogens (tertiary/aromatic N) is 4. The molecule has 0 aromatic heterocycles. The standard InChI is InChI=1S/C45H48N6O7S2.2ClH/c1-48(2)21-20-35(29-59-37-9-4-3-5-10-37)46-40-17-16-38(26-42(40)51(53)54)60(55,56)47-45(52)33-13-18-41-32(24-33)12-15-36-28-49(22-23-50(36)41)27-34-8-6-7-11-39(34)31-14-19-43-44(25-31)58-30-57-43;;/h3-11,13-14,16-19,24-26,35-36,46H,12,15,20-23,27-30H2,1-2H3,(H,47,52);2*1H/t35-,36-;;/m1../s1. The van der Waals surface area contributed by atoms with E-state index in [0.717, 1.165) is 84.8 Å². The minimum absolute atomic E-state index is 0. The zero-order valence-corrected chi connectivity index (χ0v) is 37.7. The van der Waals surface area contributed by atoms with Crippen molar-refractivity contribution in [3.63, 3.8) is 0 Å². The number of nitrogens with one attached hydrogen (secondary N) is 2. The number of nitro groups is 1. The van der Waals surface area contributed by atoms with Gasteiger partial charge in [-0.05, 0) is 117 Å². The minimum Gasteiger partial charge on any atom is -0.454 e. The van der Waals surface area contributed by atoms with Crippen molar-refractivity contribution < 1.29 is 27.6 Å². The molecule has 0 aliphatic carbocycles. The third-order valence-corrected chi connectivity index (χ3v) is 13.7. The summed E-state index contributed by atoms with van der Waals surface area (Å²) < 4.78 is 40.4. The second kappa shape index (κ2) is 20.4. The average Bonchev–Trinajstić information content (AvgIpc) is 3.73. The molecule has 2 atom stereocenters.